The van der Waals surface area contributed by atoms with Gasteiger partial charge in [0.25, 0.3) is 0 Å². The van der Waals surface area contributed by atoms with Crippen LogP contribution in [0.15, 0.2) is 0 Å². The summed E-state index contributed by atoms with van der Waals surface area (Å²) in [4.78, 5) is 0. The SMILES string of the molecule is [Li+].[Li+].[O-]B([O-])OCl. The van der Waals surface area contributed by atoms with E-state index in [4.69, 9.17) is 10.0 Å². The van der Waals surface area contributed by atoms with E-state index in [0.717, 1.165) is 0 Å². The molecule has 0 aromatic rings. The van der Waals surface area contributed by atoms with Gasteiger partial charge in [-0.1, -0.05) is 0 Å². The van der Waals surface area contributed by atoms with Crippen molar-refractivity contribution in [2.24, 2.45) is 0 Å². The first-order valence-electron chi connectivity index (χ1n) is 0.861. The number of hydrogen-bond acceptors (Lipinski definition) is 3. The third-order valence-electron chi connectivity index (χ3n) is 0.0727. The summed E-state index contributed by atoms with van der Waals surface area (Å²) in [5, 5.41) is 18.0. The quantitative estimate of drug-likeness (QED) is 0.313. The van der Waals surface area contributed by atoms with Crippen LogP contribution in [0.5, 0.6) is 0 Å². The monoisotopic (exact) mass is 108 g/mol. The van der Waals surface area contributed by atoms with Crippen molar-refractivity contribution < 1.29 is 52.0 Å². The van der Waals surface area contributed by atoms with E-state index >= 15 is 0 Å². The molecule has 30 valence electrons. The van der Waals surface area contributed by atoms with Crippen molar-refractivity contribution in [3.05, 3.63) is 0 Å². The summed E-state index contributed by atoms with van der Waals surface area (Å²) in [6, 6.07) is 0. The number of hydrogen-bond donors (Lipinski definition) is 0. The van der Waals surface area contributed by atoms with Crippen molar-refractivity contribution in [3.8, 4) is 0 Å². The van der Waals surface area contributed by atoms with Gasteiger partial charge in [-0.25, -0.2) is 0 Å². The first kappa shape index (κ1) is 15.8. The summed E-state index contributed by atoms with van der Waals surface area (Å²) in [5.74, 6) is 0. The van der Waals surface area contributed by atoms with E-state index in [1.807, 2.05) is 0 Å². The van der Waals surface area contributed by atoms with E-state index in [-0.39, 0.29) is 37.7 Å². The van der Waals surface area contributed by atoms with E-state index in [0.29, 0.717) is 0 Å². The van der Waals surface area contributed by atoms with Gasteiger partial charge in [-0.3, -0.25) is 0 Å². The minimum atomic E-state index is -2.35. The summed E-state index contributed by atoms with van der Waals surface area (Å²) in [7, 11) is -2.35. The van der Waals surface area contributed by atoms with Crippen molar-refractivity contribution in [1.82, 2.24) is 0 Å². The zero-order valence-electron chi connectivity index (χ0n) is 4.18. The molecule has 0 atom stereocenters. The second-order valence-electron chi connectivity index (χ2n) is 0.378. The van der Waals surface area contributed by atoms with Crippen LogP contribution < -0.4 is 47.8 Å². The topological polar surface area (TPSA) is 55.3 Å². The van der Waals surface area contributed by atoms with Crippen molar-refractivity contribution in [2.75, 3.05) is 0 Å². The van der Waals surface area contributed by atoms with Crippen LogP contribution in [0.1, 0.15) is 0 Å². The molecule has 0 amide bonds. The maximum atomic E-state index is 8.99. The Morgan fingerprint density at radius 1 is 1.29 bits per heavy atom. The van der Waals surface area contributed by atoms with Gasteiger partial charge in [0.1, 0.15) is 0 Å². The molecule has 0 aromatic heterocycles. The van der Waals surface area contributed by atoms with Crippen LogP contribution in [0.25, 0.3) is 0 Å². The normalized spacial score (nSPS) is 5.57. The van der Waals surface area contributed by atoms with Gasteiger partial charge in [-0.05, 0) is 0 Å². The van der Waals surface area contributed by atoms with Crippen LogP contribution in [0.2, 0.25) is 0 Å². The zero-order valence-corrected chi connectivity index (χ0v) is 4.94. The van der Waals surface area contributed by atoms with Gasteiger partial charge in [-0.15, -0.1) is 0 Å². The van der Waals surface area contributed by atoms with Crippen LogP contribution in [-0.4, -0.2) is 7.32 Å². The molecular formula is BClLi2O3. The van der Waals surface area contributed by atoms with Gasteiger partial charge in [0.2, 0.25) is 0 Å². The summed E-state index contributed by atoms with van der Waals surface area (Å²) < 4.78 is 3.11. The molecule has 0 fully saturated rings. The van der Waals surface area contributed by atoms with E-state index < -0.39 is 7.32 Å². The average Bonchev–Trinajstić information content (AvgIpc) is 1.38. The van der Waals surface area contributed by atoms with Crippen molar-refractivity contribution in [3.63, 3.8) is 0 Å². The minimum Gasteiger partial charge on any atom is -0.869 e. The molecule has 7 heteroatoms. The third kappa shape index (κ3) is 18.6. The Kier molecular flexibility index (Phi) is 23.5. The molecule has 0 saturated carbocycles. The summed E-state index contributed by atoms with van der Waals surface area (Å²) in [6.45, 7) is 0. The molecule has 0 N–H and O–H groups in total. The molecule has 0 aliphatic rings. The van der Waals surface area contributed by atoms with Crippen LogP contribution in [0.4, 0.5) is 0 Å². The van der Waals surface area contributed by atoms with Crippen molar-refractivity contribution in [2.45, 2.75) is 0 Å². The van der Waals surface area contributed by atoms with Crippen molar-refractivity contribution in [1.29, 1.82) is 0 Å². The van der Waals surface area contributed by atoms with Gasteiger partial charge in [0, 0.05) is 11.9 Å². The number of halogens is 1. The smallest absolute Gasteiger partial charge is 0.869 e. The Hall–Kier alpha value is 1.43. The number of rotatable bonds is 1. The molecule has 0 aliphatic heterocycles. The predicted octanol–water partition coefficient (Wildman–Crippen LogP) is -8.13. The Labute approximate surface area is 71.1 Å². The molecule has 7 heavy (non-hydrogen) atoms. The molecule has 0 saturated heterocycles. The van der Waals surface area contributed by atoms with E-state index in [1.54, 1.807) is 0 Å². The molecule has 0 bridgehead atoms. The fourth-order valence-corrected chi connectivity index (χ4v) is 0. The molecular weight excluding hydrogens is 108 g/mol. The van der Waals surface area contributed by atoms with Gasteiger partial charge in [0.15, 0.2) is 0 Å². The fraction of sp³-hybridized carbons (Fsp3) is 0. The first-order valence-corrected chi connectivity index (χ1v) is 1.17. The molecule has 0 aromatic carbocycles. The van der Waals surface area contributed by atoms with Gasteiger partial charge < -0.3 is 14.3 Å². The first-order chi connectivity index (χ1) is 2.27. The largest absolute Gasteiger partial charge is 1.00 e. The summed E-state index contributed by atoms with van der Waals surface area (Å²) in [5.41, 5.74) is 0. The van der Waals surface area contributed by atoms with Crippen LogP contribution in [-0.2, 0) is 4.21 Å². The minimum absolute atomic E-state index is 0. The fourth-order valence-electron chi connectivity index (χ4n) is 0. The third-order valence-corrected chi connectivity index (χ3v) is 0.218. The summed E-state index contributed by atoms with van der Waals surface area (Å²) in [6.07, 6.45) is 0. The van der Waals surface area contributed by atoms with Gasteiger partial charge in [-0.2, -0.15) is 0 Å². The van der Waals surface area contributed by atoms with Gasteiger partial charge >= 0.3 is 37.7 Å². The maximum absolute atomic E-state index is 8.99. The van der Waals surface area contributed by atoms with E-state index in [9.17, 15) is 0 Å². The standard InChI is InChI=1S/BClO3.2Li/c2-5-1(3)4;;/q-2;2*+1. The molecule has 0 unspecified atom stereocenters. The molecule has 0 spiro atoms. The Balaban J connectivity index is -0.0000000800. The van der Waals surface area contributed by atoms with Crippen molar-refractivity contribution >= 4 is 19.2 Å². The molecule has 0 rings (SSSR count). The average molecular weight is 108 g/mol. The van der Waals surface area contributed by atoms with E-state index in [2.05, 4.69) is 16.1 Å². The Bertz CT molecular complexity index is 26.9. The summed E-state index contributed by atoms with van der Waals surface area (Å²) >= 11 is 4.21. The predicted molar refractivity (Wildman–Crippen MR) is 12.7 cm³/mol. The van der Waals surface area contributed by atoms with Crippen LogP contribution >= 0.6 is 11.9 Å². The Morgan fingerprint density at radius 3 is 1.43 bits per heavy atom. The Morgan fingerprint density at radius 2 is 1.43 bits per heavy atom. The second-order valence-corrected chi connectivity index (χ2v) is 0.556. The molecule has 0 radical (unpaired) electrons. The van der Waals surface area contributed by atoms with Gasteiger partial charge in [0.05, 0.1) is 7.32 Å². The molecule has 3 nitrogen and oxygen atoms in total. The molecule has 0 aliphatic carbocycles. The van der Waals surface area contributed by atoms with E-state index in [1.165, 1.54) is 0 Å². The maximum Gasteiger partial charge on any atom is 1.00 e. The zero-order chi connectivity index (χ0) is 4.28. The molecule has 0 heterocycles. The van der Waals surface area contributed by atoms with Crippen LogP contribution in [0, 0.1) is 0 Å². The second kappa shape index (κ2) is 10.4. The van der Waals surface area contributed by atoms with Crippen LogP contribution in [0.3, 0.4) is 0 Å².